The van der Waals surface area contributed by atoms with Gasteiger partial charge in [-0.2, -0.15) is 12.7 Å². The molecule has 5 nitrogen and oxygen atoms in total. The molecule has 0 amide bonds. The zero-order valence-corrected chi connectivity index (χ0v) is 12.2. The van der Waals surface area contributed by atoms with Gasteiger partial charge in [0, 0.05) is 25.2 Å². The zero-order chi connectivity index (χ0) is 13.2. The molecule has 2 unspecified atom stereocenters. The molecule has 106 valence electrons. The molecular weight excluding hydrogens is 250 g/mol. The van der Waals surface area contributed by atoms with E-state index in [-0.39, 0.29) is 5.54 Å². The normalized spacial score (nSPS) is 34.9. The lowest BCUT2D eigenvalue weighted by molar-refractivity contribution is 0.276. The summed E-state index contributed by atoms with van der Waals surface area (Å²) in [6, 6.07) is 0. The molecule has 2 N–H and O–H groups in total. The van der Waals surface area contributed by atoms with Crippen molar-refractivity contribution in [3.8, 4) is 0 Å². The maximum absolute atomic E-state index is 12.2. The lowest BCUT2D eigenvalue weighted by atomic mass is 10.0. The predicted octanol–water partition coefficient (Wildman–Crippen LogP) is 0.695. The Labute approximate surface area is 110 Å². The zero-order valence-electron chi connectivity index (χ0n) is 11.4. The lowest BCUT2D eigenvalue weighted by Crippen LogP contribution is -2.52. The second kappa shape index (κ2) is 5.45. The Balaban J connectivity index is 1.90. The number of rotatable bonds is 4. The highest BCUT2D eigenvalue weighted by Gasteiger charge is 2.32. The Morgan fingerprint density at radius 1 is 1.44 bits per heavy atom. The molecule has 2 atom stereocenters. The summed E-state index contributed by atoms with van der Waals surface area (Å²) >= 11 is 0. The van der Waals surface area contributed by atoms with E-state index in [1.807, 2.05) is 0 Å². The van der Waals surface area contributed by atoms with Gasteiger partial charge in [0.15, 0.2) is 0 Å². The van der Waals surface area contributed by atoms with E-state index in [4.69, 9.17) is 0 Å². The van der Waals surface area contributed by atoms with E-state index < -0.39 is 10.2 Å². The summed E-state index contributed by atoms with van der Waals surface area (Å²) < 4.78 is 28.8. The van der Waals surface area contributed by atoms with E-state index in [0.29, 0.717) is 25.6 Å². The van der Waals surface area contributed by atoms with Crippen LogP contribution >= 0.6 is 0 Å². The summed E-state index contributed by atoms with van der Waals surface area (Å²) in [7, 11) is -3.30. The lowest BCUT2D eigenvalue weighted by Gasteiger charge is -2.32. The van der Waals surface area contributed by atoms with Gasteiger partial charge in [0.1, 0.15) is 0 Å². The Morgan fingerprint density at radius 3 is 2.83 bits per heavy atom. The summed E-state index contributed by atoms with van der Waals surface area (Å²) in [5.74, 6) is 0.468. The number of nitrogens with one attached hydrogen (secondary N) is 2. The van der Waals surface area contributed by atoms with Gasteiger partial charge in [0.05, 0.1) is 0 Å². The molecule has 0 aromatic heterocycles. The van der Waals surface area contributed by atoms with Crippen molar-refractivity contribution in [2.24, 2.45) is 5.92 Å². The van der Waals surface area contributed by atoms with Crippen LogP contribution in [0, 0.1) is 5.92 Å². The summed E-state index contributed by atoms with van der Waals surface area (Å²) in [5, 5.41) is 3.37. The van der Waals surface area contributed by atoms with Crippen molar-refractivity contribution >= 4 is 10.2 Å². The first kappa shape index (κ1) is 14.2. The molecule has 0 aromatic carbocycles. The highest BCUT2D eigenvalue weighted by Crippen LogP contribution is 2.20. The molecule has 0 aromatic rings. The number of hydrogen-bond acceptors (Lipinski definition) is 3. The van der Waals surface area contributed by atoms with Crippen LogP contribution in [0.5, 0.6) is 0 Å². The van der Waals surface area contributed by atoms with Crippen LogP contribution in [0.2, 0.25) is 0 Å². The Bertz CT molecular complexity index is 377. The van der Waals surface area contributed by atoms with Crippen molar-refractivity contribution in [1.82, 2.24) is 14.3 Å². The summed E-state index contributed by atoms with van der Waals surface area (Å²) in [5.41, 5.74) is -0.0749. The van der Waals surface area contributed by atoms with Crippen LogP contribution in [0.25, 0.3) is 0 Å². The van der Waals surface area contributed by atoms with Gasteiger partial charge >= 0.3 is 0 Å². The standard InChI is InChI=1S/C12H25N3O2S/c1-11-5-3-8-15(9-11)18(16,17)14-10-12(2)6-4-7-13-12/h11,13-14H,3-10H2,1-2H3. The predicted molar refractivity (Wildman–Crippen MR) is 72.5 cm³/mol. The van der Waals surface area contributed by atoms with Gasteiger partial charge in [-0.05, 0) is 45.1 Å². The van der Waals surface area contributed by atoms with Crippen molar-refractivity contribution in [2.45, 2.75) is 45.1 Å². The first-order valence-corrected chi connectivity index (χ1v) is 8.35. The van der Waals surface area contributed by atoms with Gasteiger partial charge < -0.3 is 5.32 Å². The van der Waals surface area contributed by atoms with Crippen LogP contribution in [0.1, 0.15) is 39.5 Å². The maximum Gasteiger partial charge on any atom is 0.279 e. The Morgan fingerprint density at radius 2 is 2.22 bits per heavy atom. The molecule has 2 fully saturated rings. The fourth-order valence-corrected chi connectivity index (χ4v) is 4.32. The second-order valence-electron chi connectivity index (χ2n) is 6.02. The van der Waals surface area contributed by atoms with Crippen LogP contribution < -0.4 is 10.0 Å². The third kappa shape index (κ3) is 3.44. The van der Waals surface area contributed by atoms with Crippen LogP contribution in [0.3, 0.4) is 0 Å². The van der Waals surface area contributed by atoms with Gasteiger partial charge in [-0.3, -0.25) is 0 Å². The monoisotopic (exact) mass is 275 g/mol. The summed E-state index contributed by atoms with van der Waals surface area (Å²) in [4.78, 5) is 0. The van der Waals surface area contributed by atoms with E-state index in [9.17, 15) is 8.42 Å². The van der Waals surface area contributed by atoms with Crippen molar-refractivity contribution < 1.29 is 8.42 Å². The molecule has 2 heterocycles. The van der Waals surface area contributed by atoms with E-state index in [0.717, 1.165) is 32.2 Å². The molecule has 0 aliphatic carbocycles. The molecule has 2 rings (SSSR count). The molecule has 0 saturated carbocycles. The quantitative estimate of drug-likeness (QED) is 0.794. The average Bonchev–Trinajstić information content (AvgIpc) is 2.75. The molecule has 2 saturated heterocycles. The molecule has 0 bridgehead atoms. The minimum absolute atomic E-state index is 0.0749. The highest BCUT2D eigenvalue weighted by atomic mass is 32.2. The molecule has 2 aliphatic rings. The van der Waals surface area contributed by atoms with Crippen LogP contribution in [-0.4, -0.2) is 44.4 Å². The van der Waals surface area contributed by atoms with E-state index in [2.05, 4.69) is 23.9 Å². The average molecular weight is 275 g/mol. The Hall–Kier alpha value is -0.170. The van der Waals surface area contributed by atoms with Gasteiger partial charge in [0.2, 0.25) is 0 Å². The fraction of sp³-hybridized carbons (Fsp3) is 1.00. The maximum atomic E-state index is 12.2. The van der Waals surface area contributed by atoms with Crippen molar-refractivity contribution in [1.29, 1.82) is 0 Å². The van der Waals surface area contributed by atoms with Gasteiger partial charge in [-0.25, -0.2) is 4.72 Å². The van der Waals surface area contributed by atoms with Crippen molar-refractivity contribution in [3.63, 3.8) is 0 Å². The molecule has 6 heteroatoms. The number of nitrogens with zero attached hydrogens (tertiary/aromatic N) is 1. The summed E-state index contributed by atoms with van der Waals surface area (Å²) in [6.07, 6.45) is 4.26. The molecular formula is C12H25N3O2S. The van der Waals surface area contributed by atoms with Crippen LogP contribution in [0.15, 0.2) is 0 Å². The van der Waals surface area contributed by atoms with Crippen LogP contribution in [0.4, 0.5) is 0 Å². The third-order valence-corrected chi connectivity index (χ3v) is 5.58. The minimum Gasteiger partial charge on any atom is -0.310 e. The van der Waals surface area contributed by atoms with Crippen LogP contribution in [-0.2, 0) is 10.2 Å². The molecule has 18 heavy (non-hydrogen) atoms. The smallest absolute Gasteiger partial charge is 0.279 e. The first-order valence-electron chi connectivity index (χ1n) is 6.91. The van der Waals surface area contributed by atoms with E-state index in [1.165, 1.54) is 0 Å². The van der Waals surface area contributed by atoms with E-state index in [1.54, 1.807) is 4.31 Å². The molecule has 2 aliphatic heterocycles. The van der Waals surface area contributed by atoms with Crippen molar-refractivity contribution in [2.75, 3.05) is 26.2 Å². The Kier molecular flexibility index (Phi) is 4.31. The third-order valence-electron chi connectivity index (χ3n) is 4.06. The fourth-order valence-electron chi connectivity index (χ4n) is 2.81. The minimum atomic E-state index is -3.30. The summed E-state index contributed by atoms with van der Waals surface area (Å²) in [6.45, 7) is 6.98. The first-order chi connectivity index (χ1) is 8.41. The van der Waals surface area contributed by atoms with E-state index >= 15 is 0 Å². The number of hydrogen-bond donors (Lipinski definition) is 2. The van der Waals surface area contributed by atoms with Crippen molar-refractivity contribution in [3.05, 3.63) is 0 Å². The van der Waals surface area contributed by atoms with Gasteiger partial charge in [-0.15, -0.1) is 0 Å². The van der Waals surface area contributed by atoms with Gasteiger partial charge in [0.25, 0.3) is 10.2 Å². The molecule has 0 spiro atoms. The topological polar surface area (TPSA) is 61.4 Å². The molecule has 0 radical (unpaired) electrons. The highest BCUT2D eigenvalue weighted by molar-refractivity contribution is 7.87. The second-order valence-corrected chi connectivity index (χ2v) is 7.78. The van der Waals surface area contributed by atoms with Gasteiger partial charge in [-0.1, -0.05) is 6.92 Å². The SMILES string of the molecule is CC1CCCN(S(=O)(=O)NCC2(C)CCCN2)C1. The number of piperidine rings is 1. The largest absolute Gasteiger partial charge is 0.310 e.